The molecule has 0 saturated carbocycles. The zero-order chi connectivity index (χ0) is 15.6. The van der Waals surface area contributed by atoms with Crippen LogP contribution in [0.5, 0.6) is 0 Å². The van der Waals surface area contributed by atoms with E-state index in [0.717, 1.165) is 6.07 Å². The lowest BCUT2D eigenvalue weighted by atomic mass is 10.2. The van der Waals surface area contributed by atoms with Crippen LogP contribution >= 0.6 is 11.6 Å². The van der Waals surface area contributed by atoms with E-state index >= 15 is 0 Å². The Labute approximate surface area is 123 Å². The van der Waals surface area contributed by atoms with Gasteiger partial charge < -0.3 is 14.3 Å². The van der Waals surface area contributed by atoms with Crippen molar-refractivity contribution in [3.05, 3.63) is 44.8 Å². The summed E-state index contributed by atoms with van der Waals surface area (Å²) in [5.41, 5.74) is -0.247. The Hall–Kier alpha value is -2.45. The van der Waals surface area contributed by atoms with Gasteiger partial charge in [-0.1, -0.05) is 11.6 Å². The fraction of sp³-hybridized carbons (Fsp3) is 0.167. The third-order valence-corrected chi connectivity index (χ3v) is 2.79. The standard InChI is InChI=1S/C12H9ClN2O6/c1-20-5-8-10(12(16)17)21-11(14-8)7-3-2-6(13)4-9(7)15(18)19/h2-4H,5H2,1H3,(H,16,17). The second-order valence-electron chi connectivity index (χ2n) is 3.95. The van der Waals surface area contributed by atoms with E-state index in [1.165, 1.54) is 19.2 Å². The third kappa shape index (κ3) is 3.01. The van der Waals surface area contributed by atoms with Crippen LogP contribution in [-0.2, 0) is 11.3 Å². The molecule has 0 aliphatic heterocycles. The molecule has 0 saturated heterocycles. The fourth-order valence-corrected chi connectivity index (χ4v) is 1.87. The van der Waals surface area contributed by atoms with Gasteiger partial charge in [-0.15, -0.1) is 0 Å². The average molecular weight is 313 g/mol. The molecule has 21 heavy (non-hydrogen) atoms. The molecule has 1 aromatic heterocycles. The van der Waals surface area contributed by atoms with Crippen LogP contribution in [0.3, 0.4) is 0 Å². The largest absolute Gasteiger partial charge is 0.475 e. The molecule has 0 atom stereocenters. The topological polar surface area (TPSA) is 116 Å². The number of nitro benzene ring substituents is 1. The Morgan fingerprint density at radius 1 is 1.57 bits per heavy atom. The van der Waals surface area contributed by atoms with Crippen LogP contribution in [0.2, 0.25) is 5.02 Å². The summed E-state index contributed by atoms with van der Waals surface area (Å²) in [6, 6.07) is 3.90. The van der Waals surface area contributed by atoms with Crippen LogP contribution in [0.1, 0.15) is 16.2 Å². The number of carboxylic acid groups (broad SMARTS) is 1. The van der Waals surface area contributed by atoms with Crippen LogP contribution < -0.4 is 0 Å². The van der Waals surface area contributed by atoms with E-state index in [1.807, 2.05) is 0 Å². The number of aromatic nitrogens is 1. The van der Waals surface area contributed by atoms with E-state index in [-0.39, 0.29) is 34.5 Å². The van der Waals surface area contributed by atoms with Crippen molar-refractivity contribution in [1.29, 1.82) is 0 Å². The summed E-state index contributed by atoms with van der Waals surface area (Å²) in [6.45, 7) is -0.0908. The van der Waals surface area contributed by atoms with Crippen molar-refractivity contribution in [2.45, 2.75) is 6.61 Å². The van der Waals surface area contributed by atoms with Gasteiger partial charge >= 0.3 is 5.97 Å². The number of benzene rings is 1. The van der Waals surface area contributed by atoms with Crippen molar-refractivity contribution in [1.82, 2.24) is 4.98 Å². The van der Waals surface area contributed by atoms with Gasteiger partial charge in [0.1, 0.15) is 11.3 Å². The first-order chi connectivity index (χ1) is 9.93. The molecule has 1 aromatic carbocycles. The molecule has 0 amide bonds. The second kappa shape index (κ2) is 5.90. The highest BCUT2D eigenvalue weighted by Gasteiger charge is 2.25. The van der Waals surface area contributed by atoms with Gasteiger partial charge in [-0.05, 0) is 12.1 Å². The number of aromatic carboxylic acids is 1. The minimum absolute atomic E-state index is 0.0363. The number of nitrogens with zero attached hydrogens (tertiary/aromatic N) is 2. The number of hydrogen-bond acceptors (Lipinski definition) is 6. The van der Waals surface area contributed by atoms with Crippen LogP contribution in [0, 0.1) is 10.1 Å². The number of carboxylic acids is 1. The number of oxazole rings is 1. The van der Waals surface area contributed by atoms with E-state index in [1.54, 1.807) is 0 Å². The maximum Gasteiger partial charge on any atom is 0.373 e. The number of methoxy groups -OCH3 is 1. The molecule has 0 fully saturated rings. The van der Waals surface area contributed by atoms with Crippen molar-refractivity contribution in [3.8, 4) is 11.5 Å². The fourth-order valence-electron chi connectivity index (χ4n) is 1.71. The van der Waals surface area contributed by atoms with E-state index < -0.39 is 16.7 Å². The van der Waals surface area contributed by atoms with Crippen LogP contribution in [0.4, 0.5) is 5.69 Å². The molecule has 0 radical (unpaired) electrons. The lowest BCUT2D eigenvalue weighted by molar-refractivity contribution is -0.384. The summed E-state index contributed by atoms with van der Waals surface area (Å²) in [7, 11) is 1.37. The number of ether oxygens (including phenoxy) is 1. The van der Waals surface area contributed by atoms with Crippen molar-refractivity contribution in [2.75, 3.05) is 7.11 Å². The molecular weight excluding hydrogens is 304 g/mol. The molecule has 0 aliphatic rings. The Morgan fingerprint density at radius 2 is 2.29 bits per heavy atom. The van der Waals surface area contributed by atoms with Gasteiger partial charge in [0, 0.05) is 18.2 Å². The van der Waals surface area contributed by atoms with E-state index in [9.17, 15) is 14.9 Å². The number of rotatable bonds is 5. The van der Waals surface area contributed by atoms with Crippen molar-refractivity contribution < 1.29 is 24.0 Å². The Bertz CT molecular complexity index is 712. The first-order valence-electron chi connectivity index (χ1n) is 5.60. The van der Waals surface area contributed by atoms with E-state index in [0.29, 0.717) is 0 Å². The smallest absolute Gasteiger partial charge is 0.373 e. The SMILES string of the molecule is COCc1nc(-c2ccc(Cl)cc2[N+](=O)[O-])oc1C(=O)O. The van der Waals surface area contributed by atoms with Crippen LogP contribution in [-0.4, -0.2) is 28.1 Å². The molecule has 0 spiro atoms. The predicted octanol–water partition coefficient (Wildman–Crippen LogP) is 2.75. The Morgan fingerprint density at radius 3 is 2.86 bits per heavy atom. The molecule has 0 aliphatic carbocycles. The molecular formula is C12H9ClN2O6. The first-order valence-corrected chi connectivity index (χ1v) is 5.98. The lowest BCUT2D eigenvalue weighted by Gasteiger charge is -1.99. The van der Waals surface area contributed by atoms with Crippen molar-refractivity contribution >= 4 is 23.3 Å². The highest BCUT2D eigenvalue weighted by molar-refractivity contribution is 6.30. The van der Waals surface area contributed by atoms with Gasteiger partial charge in [0.05, 0.1) is 11.5 Å². The zero-order valence-electron chi connectivity index (χ0n) is 10.7. The third-order valence-electron chi connectivity index (χ3n) is 2.56. The molecule has 1 heterocycles. The van der Waals surface area contributed by atoms with Crippen molar-refractivity contribution in [2.24, 2.45) is 0 Å². The van der Waals surface area contributed by atoms with Gasteiger partial charge in [0.15, 0.2) is 0 Å². The Balaban J connectivity index is 2.59. The van der Waals surface area contributed by atoms with Gasteiger partial charge in [-0.3, -0.25) is 10.1 Å². The number of nitro groups is 1. The minimum Gasteiger partial charge on any atom is -0.475 e. The summed E-state index contributed by atoms with van der Waals surface area (Å²) in [5, 5.41) is 20.2. The second-order valence-corrected chi connectivity index (χ2v) is 4.39. The first kappa shape index (κ1) is 14.9. The zero-order valence-corrected chi connectivity index (χ0v) is 11.5. The summed E-state index contributed by atoms with van der Waals surface area (Å²) >= 11 is 5.72. The highest BCUT2D eigenvalue weighted by Crippen LogP contribution is 2.33. The van der Waals surface area contributed by atoms with E-state index in [2.05, 4.69) is 4.98 Å². The minimum atomic E-state index is -1.34. The molecule has 110 valence electrons. The highest BCUT2D eigenvalue weighted by atomic mass is 35.5. The molecule has 0 bridgehead atoms. The van der Waals surface area contributed by atoms with Gasteiger partial charge in [0.2, 0.25) is 11.7 Å². The maximum absolute atomic E-state index is 11.1. The quantitative estimate of drug-likeness (QED) is 0.666. The molecule has 9 heteroatoms. The molecule has 1 N–H and O–H groups in total. The summed E-state index contributed by atoms with van der Waals surface area (Å²) in [5.74, 6) is -1.93. The van der Waals surface area contributed by atoms with Gasteiger partial charge in [-0.25, -0.2) is 9.78 Å². The average Bonchev–Trinajstić information content (AvgIpc) is 2.83. The molecule has 0 unspecified atom stereocenters. The predicted molar refractivity (Wildman–Crippen MR) is 71.3 cm³/mol. The van der Waals surface area contributed by atoms with Crippen LogP contribution in [0.15, 0.2) is 22.6 Å². The van der Waals surface area contributed by atoms with Crippen molar-refractivity contribution in [3.63, 3.8) is 0 Å². The van der Waals surface area contributed by atoms with Gasteiger partial charge in [0.25, 0.3) is 5.69 Å². The lowest BCUT2D eigenvalue weighted by Crippen LogP contribution is -2.00. The summed E-state index contributed by atoms with van der Waals surface area (Å²) in [4.78, 5) is 25.4. The van der Waals surface area contributed by atoms with E-state index in [4.69, 9.17) is 25.9 Å². The van der Waals surface area contributed by atoms with Gasteiger partial charge in [-0.2, -0.15) is 0 Å². The maximum atomic E-state index is 11.1. The number of hydrogen-bond donors (Lipinski definition) is 1. The summed E-state index contributed by atoms with van der Waals surface area (Å²) in [6.07, 6.45) is 0. The molecule has 2 rings (SSSR count). The summed E-state index contributed by atoms with van der Waals surface area (Å²) < 4.78 is 9.93. The molecule has 2 aromatic rings. The monoisotopic (exact) mass is 312 g/mol. The normalized spacial score (nSPS) is 10.6. The number of halogens is 1. The molecule has 8 nitrogen and oxygen atoms in total. The Kier molecular flexibility index (Phi) is 4.20. The van der Waals surface area contributed by atoms with Crippen LogP contribution in [0.25, 0.3) is 11.5 Å². The number of carbonyl (C=O) groups is 1.